The molecule has 2 nitrogen and oxygen atoms in total. The van der Waals surface area contributed by atoms with E-state index in [0.717, 1.165) is 22.2 Å². The molecule has 0 N–H and O–H groups in total. The molecule has 0 aliphatic carbocycles. The standard InChI is InChI=1S/C17H13BO2/c1-2-7-15(8-3-1)18-19-12-14-11-10-13-6-4-5-9-16(13)17(14)20-18/h1-11H,12H2. The predicted octanol–water partition coefficient (Wildman–Crippen LogP) is 3.14. The number of rotatable bonds is 1. The summed E-state index contributed by atoms with van der Waals surface area (Å²) in [4.78, 5) is 0. The Morgan fingerprint density at radius 2 is 1.60 bits per heavy atom. The average molecular weight is 260 g/mol. The maximum atomic E-state index is 6.11. The number of fused-ring (bicyclic) bond motifs is 3. The van der Waals surface area contributed by atoms with E-state index >= 15 is 0 Å². The molecule has 0 aromatic heterocycles. The molecule has 20 heavy (non-hydrogen) atoms. The summed E-state index contributed by atoms with van der Waals surface area (Å²) in [7, 11) is -0.325. The van der Waals surface area contributed by atoms with Gasteiger partial charge in [-0.15, -0.1) is 0 Å². The SMILES string of the molecule is c1ccc(B2OCc3ccc4ccccc4c3O2)cc1. The van der Waals surface area contributed by atoms with Crippen LogP contribution in [0.4, 0.5) is 0 Å². The summed E-state index contributed by atoms with van der Waals surface area (Å²) in [5.41, 5.74) is 2.15. The summed E-state index contributed by atoms with van der Waals surface area (Å²) in [6.07, 6.45) is 0. The van der Waals surface area contributed by atoms with Crippen LogP contribution in [0.15, 0.2) is 66.7 Å². The molecule has 0 amide bonds. The molecule has 0 radical (unpaired) electrons. The summed E-state index contributed by atoms with van der Waals surface area (Å²) >= 11 is 0. The summed E-state index contributed by atoms with van der Waals surface area (Å²) < 4.78 is 11.9. The molecule has 3 heteroatoms. The fraction of sp³-hybridized carbons (Fsp3) is 0.0588. The van der Waals surface area contributed by atoms with Gasteiger partial charge in [0.2, 0.25) is 0 Å². The molecule has 0 saturated heterocycles. The molecule has 0 fully saturated rings. The van der Waals surface area contributed by atoms with Crippen molar-refractivity contribution in [1.29, 1.82) is 0 Å². The van der Waals surface area contributed by atoms with E-state index in [1.165, 1.54) is 5.39 Å². The fourth-order valence-corrected chi connectivity index (χ4v) is 2.62. The van der Waals surface area contributed by atoms with Gasteiger partial charge in [0.05, 0.1) is 6.61 Å². The number of hydrogen-bond acceptors (Lipinski definition) is 2. The fourth-order valence-electron chi connectivity index (χ4n) is 2.62. The van der Waals surface area contributed by atoms with Crippen molar-refractivity contribution in [3.63, 3.8) is 0 Å². The van der Waals surface area contributed by atoms with Crippen molar-refractivity contribution in [2.75, 3.05) is 0 Å². The van der Waals surface area contributed by atoms with Gasteiger partial charge < -0.3 is 9.31 Å². The van der Waals surface area contributed by atoms with Gasteiger partial charge in [-0.05, 0) is 10.8 Å². The maximum absolute atomic E-state index is 6.11. The second-order valence-corrected chi connectivity index (χ2v) is 4.95. The minimum Gasteiger partial charge on any atom is -0.532 e. The van der Waals surface area contributed by atoms with Gasteiger partial charge in [0.25, 0.3) is 0 Å². The Hall–Kier alpha value is -2.26. The van der Waals surface area contributed by atoms with Crippen molar-refractivity contribution >= 4 is 23.4 Å². The van der Waals surface area contributed by atoms with Crippen LogP contribution >= 0.6 is 0 Å². The Morgan fingerprint density at radius 1 is 0.800 bits per heavy atom. The molecule has 0 unspecified atom stereocenters. The lowest BCUT2D eigenvalue weighted by Gasteiger charge is -2.25. The van der Waals surface area contributed by atoms with E-state index in [0.29, 0.717) is 6.61 Å². The van der Waals surface area contributed by atoms with Crippen molar-refractivity contribution < 1.29 is 9.31 Å². The van der Waals surface area contributed by atoms with Gasteiger partial charge in [0, 0.05) is 10.9 Å². The highest BCUT2D eigenvalue weighted by Crippen LogP contribution is 2.33. The van der Waals surface area contributed by atoms with Crippen LogP contribution < -0.4 is 10.1 Å². The smallest absolute Gasteiger partial charge is 0.532 e. The van der Waals surface area contributed by atoms with Gasteiger partial charge in [-0.2, -0.15) is 0 Å². The Bertz CT molecular complexity index is 755. The van der Waals surface area contributed by atoms with E-state index in [9.17, 15) is 0 Å². The Labute approximate surface area is 118 Å². The Balaban J connectivity index is 1.80. The molecule has 1 aliphatic heterocycles. The van der Waals surface area contributed by atoms with Crippen LogP contribution in [0.5, 0.6) is 5.75 Å². The normalized spacial score (nSPS) is 13.9. The summed E-state index contributed by atoms with van der Waals surface area (Å²) in [6, 6.07) is 22.5. The Kier molecular flexibility index (Phi) is 2.71. The van der Waals surface area contributed by atoms with Crippen LogP contribution in [0.25, 0.3) is 10.8 Å². The van der Waals surface area contributed by atoms with Gasteiger partial charge >= 0.3 is 7.12 Å². The topological polar surface area (TPSA) is 18.5 Å². The Morgan fingerprint density at radius 3 is 2.50 bits per heavy atom. The maximum Gasteiger partial charge on any atom is 0.563 e. The van der Waals surface area contributed by atoms with Gasteiger partial charge in [0.1, 0.15) is 5.75 Å². The van der Waals surface area contributed by atoms with E-state index in [-0.39, 0.29) is 7.12 Å². The number of hydrogen-bond donors (Lipinski definition) is 0. The van der Waals surface area contributed by atoms with Crippen LogP contribution in [0.3, 0.4) is 0 Å². The summed E-state index contributed by atoms with van der Waals surface area (Å²) in [6.45, 7) is 0.583. The first-order chi connectivity index (χ1) is 9.92. The van der Waals surface area contributed by atoms with E-state index < -0.39 is 0 Å². The third-order valence-electron chi connectivity index (χ3n) is 3.65. The van der Waals surface area contributed by atoms with Crippen molar-refractivity contribution in [3.05, 3.63) is 72.3 Å². The summed E-state index contributed by atoms with van der Waals surface area (Å²) in [5, 5.41) is 2.34. The molecule has 3 aromatic rings. The molecule has 1 heterocycles. The van der Waals surface area contributed by atoms with Gasteiger partial charge in [-0.1, -0.05) is 66.7 Å². The lowest BCUT2D eigenvalue weighted by atomic mass is 9.77. The van der Waals surface area contributed by atoms with Crippen molar-refractivity contribution in [2.24, 2.45) is 0 Å². The highest BCUT2D eigenvalue weighted by Gasteiger charge is 2.29. The molecule has 4 rings (SSSR count). The van der Waals surface area contributed by atoms with Crippen molar-refractivity contribution in [1.82, 2.24) is 0 Å². The van der Waals surface area contributed by atoms with E-state index in [2.05, 4.69) is 24.3 Å². The van der Waals surface area contributed by atoms with Crippen molar-refractivity contribution in [3.8, 4) is 5.75 Å². The average Bonchev–Trinajstić information content (AvgIpc) is 2.55. The van der Waals surface area contributed by atoms with Crippen LogP contribution in [0.2, 0.25) is 0 Å². The zero-order valence-corrected chi connectivity index (χ0v) is 11.0. The van der Waals surface area contributed by atoms with E-state index in [1.54, 1.807) is 0 Å². The molecule has 3 aromatic carbocycles. The third-order valence-corrected chi connectivity index (χ3v) is 3.65. The van der Waals surface area contributed by atoms with Crippen LogP contribution in [0.1, 0.15) is 5.56 Å². The van der Waals surface area contributed by atoms with E-state index in [1.807, 2.05) is 42.5 Å². The molecule has 0 saturated carbocycles. The lowest BCUT2D eigenvalue weighted by Crippen LogP contribution is -2.42. The van der Waals surface area contributed by atoms with Gasteiger partial charge in [-0.3, -0.25) is 0 Å². The first-order valence-corrected chi connectivity index (χ1v) is 6.76. The van der Waals surface area contributed by atoms with Crippen LogP contribution in [-0.4, -0.2) is 7.12 Å². The molecular weight excluding hydrogens is 247 g/mol. The monoisotopic (exact) mass is 260 g/mol. The minimum atomic E-state index is -0.325. The van der Waals surface area contributed by atoms with Crippen LogP contribution in [0, 0.1) is 0 Å². The van der Waals surface area contributed by atoms with Crippen molar-refractivity contribution in [2.45, 2.75) is 6.61 Å². The lowest BCUT2D eigenvalue weighted by molar-refractivity contribution is 0.240. The minimum absolute atomic E-state index is 0.325. The first-order valence-electron chi connectivity index (χ1n) is 6.76. The molecule has 96 valence electrons. The number of benzene rings is 3. The van der Waals surface area contributed by atoms with Gasteiger partial charge in [-0.25, -0.2) is 0 Å². The molecule has 0 atom stereocenters. The molecule has 1 aliphatic rings. The highest BCUT2D eigenvalue weighted by molar-refractivity contribution is 6.62. The molecule has 0 spiro atoms. The summed E-state index contributed by atoms with van der Waals surface area (Å²) in [5.74, 6) is 0.947. The highest BCUT2D eigenvalue weighted by atomic mass is 16.6. The van der Waals surface area contributed by atoms with E-state index in [4.69, 9.17) is 9.31 Å². The zero-order valence-electron chi connectivity index (χ0n) is 11.0. The molecular formula is C17H13BO2. The van der Waals surface area contributed by atoms with Gasteiger partial charge in [0.15, 0.2) is 0 Å². The third kappa shape index (κ3) is 1.87. The predicted molar refractivity (Wildman–Crippen MR) is 81.2 cm³/mol. The molecule has 0 bridgehead atoms. The first kappa shape index (κ1) is 11.6. The quantitative estimate of drug-likeness (QED) is 0.626. The zero-order chi connectivity index (χ0) is 13.4. The second-order valence-electron chi connectivity index (χ2n) is 4.95. The van der Waals surface area contributed by atoms with Crippen LogP contribution in [-0.2, 0) is 11.3 Å². The largest absolute Gasteiger partial charge is 0.563 e. The second kappa shape index (κ2) is 4.69.